The average Bonchev–Trinajstić information content (AvgIpc) is 3.51. The summed E-state index contributed by atoms with van der Waals surface area (Å²) in [6.45, 7) is 1.95. The van der Waals surface area contributed by atoms with Crippen LogP contribution in [0.4, 0.5) is 5.69 Å². The first kappa shape index (κ1) is 21.4. The second kappa shape index (κ2) is 9.97. The molecule has 1 N–H and O–H groups in total. The van der Waals surface area contributed by atoms with Crippen LogP contribution in [-0.2, 0) is 16.0 Å². The van der Waals surface area contributed by atoms with Gasteiger partial charge in [-0.05, 0) is 24.4 Å². The number of hydrogen-bond acceptors (Lipinski definition) is 8. The van der Waals surface area contributed by atoms with Crippen LogP contribution in [0.3, 0.4) is 0 Å². The topological polar surface area (TPSA) is 107 Å². The molecule has 0 aliphatic heterocycles. The van der Waals surface area contributed by atoms with Crippen molar-refractivity contribution in [3.8, 4) is 22.0 Å². The number of esters is 1. The molecule has 0 aliphatic carbocycles. The molecule has 0 fully saturated rings. The first-order valence-corrected chi connectivity index (χ1v) is 10.9. The van der Waals surface area contributed by atoms with Gasteiger partial charge >= 0.3 is 5.97 Å². The Labute approximate surface area is 188 Å². The van der Waals surface area contributed by atoms with Crippen LogP contribution < -0.4 is 5.32 Å². The second-order valence-electron chi connectivity index (χ2n) is 6.71. The zero-order chi connectivity index (χ0) is 22.3. The molecule has 3 heterocycles. The Hall–Kier alpha value is -3.85. The Morgan fingerprint density at radius 2 is 1.97 bits per heavy atom. The van der Waals surface area contributed by atoms with E-state index >= 15 is 0 Å². The van der Waals surface area contributed by atoms with Crippen molar-refractivity contribution >= 4 is 28.9 Å². The van der Waals surface area contributed by atoms with E-state index in [0.29, 0.717) is 23.1 Å². The van der Waals surface area contributed by atoms with Gasteiger partial charge in [0.05, 0.1) is 28.4 Å². The number of carbonyl (C=O) groups excluding carboxylic acids is 2. The van der Waals surface area contributed by atoms with Crippen LogP contribution in [-0.4, -0.2) is 33.6 Å². The average molecular weight is 449 g/mol. The molecule has 162 valence electrons. The molecule has 3 aromatic heterocycles. The van der Waals surface area contributed by atoms with E-state index in [1.807, 2.05) is 47.8 Å². The molecule has 0 unspecified atom stereocenters. The summed E-state index contributed by atoms with van der Waals surface area (Å²) in [6, 6.07) is 14.7. The van der Waals surface area contributed by atoms with Gasteiger partial charge in [-0.25, -0.2) is 4.79 Å². The second-order valence-corrected chi connectivity index (χ2v) is 7.65. The number of amides is 1. The highest BCUT2D eigenvalue weighted by Gasteiger charge is 2.20. The highest BCUT2D eigenvalue weighted by atomic mass is 32.1. The van der Waals surface area contributed by atoms with Crippen molar-refractivity contribution in [3.05, 3.63) is 71.6 Å². The quantitative estimate of drug-likeness (QED) is 0.392. The Morgan fingerprint density at radius 1 is 1.12 bits per heavy atom. The van der Waals surface area contributed by atoms with Crippen molar-refractivity contribution in [3.63, 3.8) is 0 Å². The number of ether oxygens (including phenoxy) is 1. The van der Waals surface area contributed by atoms with Gasteiger partial charge in [0.25, 0.3) is 0 Å². The van der Waals surface area contributed by atoms with E-state index in [1.165, 1.54) is 23.6 Å². The normalized spacial score (nSPS) is 10.7. The van der Waals surface area contributed by atoms with Crippen molar-refractivity contribution in [2.75, 3.05) is 11.9 Å². The highest BCUT2D eigenvalue weighted by molar-refractivity contribution is 7.13. The molecule has 32 heavy (non-hydrogen) atoms. The predicted octanol–water partition coefficient (Wildman–Crippen LogP) is 4.61. The number of rotatable bonds is 8. The number of hydrogen-bond donors (Lipinski definition) is 1. The van der Waals surface area contributed by atoms with Gasteiger partial charge in [-0.2, -0.15) is 4.98 Å². The zero-order valence-electron chi connectivity index (χ0n) is 17.3. The maximum Gasteiger partial charge on any atom is 0.340 e. The lowest BCUT2D eigenvalue weighted by molar-refractivity contribution is -0.116. The van der Waals surface area contributed by atoms with Gasteiger partial charge in [0.1, 0.15) is 0 Å². The van der Waals surface area contributed by atoms with E-state index < -0.39 is 5.97 Å². The van der Waals surface area contributed by atoms with Gasteiger partial charge in [-0.1, -0.05) is 41.6 Å². The van der Waals surface area contributed by atoms with Gasteiger partial charge < -0.3 is 14.6 Å². The number of nitrogens with zero attached hydrogens (tertiary/aromatic N) is 3. The molecule has 0 saturated carbocycles. The Morgan fingerprint density at radius 3 is 2.72 bits per heavy atom. The Bertz CT molecular complexity index is 1210. The summed E-state index contributed by atoms with van der Waals surface area (Å²) in [5.41, 5.74) is 1.81. The molecule has 0 bridgehead atoms. The number of aryl methyl sites for hydroxylation is 1. The molecule has 4 rings (SSSR count). The Balaban J connectivity index is 1.53. The molecule has 1 amide bonds. The van der Waals surface area contributed by atoms with Gasteiger partial charge in [-0.3, -0.25) is 9.78 Å². The van der Waals surface area contributed by atoms with E-state index in [1.54, 1.807) is 6.92 Å². The molecule has 0 saturated heterocycles. The van der Waals surface area contributed by atoms with Crippen molar-refractivity contribution in [2.24, 2.45) is 0 Å². The largest absolute Gasteiger partial charge is 0.462 e. The van der Waals surface area contributed by atoms with E-state index in [0.717, 1.165) is 10.4 Å². The minimum atomic E-state index is -0.528. The third-order valence-electron chi connectivity index (χ3n) is 4.53. The molecule has 0 spiro atoms. The minimum absolute atomic E-state index is 0.0947. The van der Waals surface area contributed by atoms with Gasteiger partial charge in [-0.15, -0.1) is 11.3 Å². The summed E-state index contributed by atoms with van der Waals surface area (Å²) in [5.74, 6) is 0.0266. The monoisotopic (exact) mass is 448 g/mol. The molecular formula is C23H20N4O4S. The number of carbonyl (C=O) groups is 2. The molecule has 9 heteroatoms. The van der Waals surface area contributed by atoms with Gasteiger partial charge in [0, 0.05) is 24.6 Å². The van der Waals surface area contributed by atoms with E-state index in [-0.39, 0.29) is 30.9 Å². The summed E-state index contributed by atoms with van der Waals surface area (Å²) >= 11 is 1.51. The van der Waals surface area contributed by atoms with Crippen LogP contribution in [0.15, 0.2) is 64.6 Å². The number of anilines is 1. The predicted molar refractivity (Wildman–Crippen MR) is 120 cm³/mol. The summed E-state index contributed by atoms with van der Waals surface area (Å²) in [7, 11) is 0. The van der Waals surface area contributed by atoms with Crippen LogP contribution in [0.25, 0.3) is 22.0 Å². The molecular weight excluding hydrogens is 428 g/mol. The van der Waals surface area contributed by atoms with Gasteiger partial charge in [0.2, 0.25) is 17.6 Å². The lowest BCUT2D eigenvalue weighted by atomic mass is 10.1. The number of aromatic nitrogens is 3. The molecule has 8 nitrogen and oxygen atoms in total. The highest BCUT2D eigenvalue weighted by Crippen LogP contribution is 2.30. The third-order valence-corrected chi connectivity index (χ3v) is 5.40. The fraction of sp³-hybridized carbons (Fsp3) is 0.174. The smallest absolute Gasteiger partial charge is 0.340 e. The number of benzene rings is 1. The summed E-state index contributed by atoms with van der Waals surface area (Å²) < 4.78 is 10.4. The lowest BCUT2D eigenvalue weighted by Gasteiger charge is -2.14. The fourth-order valence-electron chi connectivity index (χ4n) is 3.07. The number of pyridine rings is 1. The molecule has 1 aromatic carbocycles. The molecule has 4 aromatic rings. The van der Waals surface area contributed by atoms with Crippen molar-refractivity contribution in [2.45, 2.75) is 19.8 Å². The van der Waals surface area contributed by atoms with Crippen molar-refractivity contribution in [1.82, 2.24) is 15.1 Å². The summed E-state index contributed by atoms with van der Waals surface area (Å²) in [6.07, 6.45) is 1.88. The number of thiophene rings is 1. The van der Waals surface area contributed by atoms with Crippen LogP contribution in [0.2, 0.25) is 0 Å². The zero-order valence-corrected chi connectivity index (χ0v) is 18.1. The standard InChI is InChI=1S/C23H20N4O4S/c1-2-30-23(29)16-12-13-24-20(15-7-4-3-5-8-15)21(16)25-18(28)10-11-19-26-22(27-31-19)17-9-6-14-32-17/h3-9,12-14H,2,10-11H2,1H3,(H,25,28). The fourth-order valence-corrected chi connectivity index (χ4v) is 3.72. The first-order chi connectivity index (χ1) is 15.7. The van der Waals surface area contributed by atoms with Crippen LogP contribution in [0, 0.1) is 0 Å². The van der Waals surface area contributed by atoms with Crippen LogP contribution in [0.1, 0.15) is 29.6 Å². The minimum Gasteiger partial charge on any atom is -0.462 e. The third kappa shape index (κ3) is 4.89. The van der Waals surface area contributed by atoms with E-state index in [4.69, 9.17) is 9.26 Å². The van der Waals surface area contributed by atoms with Crippen LogP contribution >= 0.6 is 11.3 Å². The maximum atomic E-state index is 12.8. The number of nitrogens with one attached hydrogen (secondary N) is 1. The van der Waals surface area contributed by atoms with Crippen LogP contribution in [0.5, 0.6) is 0 Å². The summed E-state index contributed by atoms with van der Waals surface area (Å²) in [4.78, 5) is 34.9. The first-order valence-electron chi connectivity index (χ1n) is 10.0. The SMILES string of the molecule is CCOC(=O)c1ccnc(-c2ccccc2)c1NC(=O)CCc1nc(-c2cccs2)no1. The lowest BCUT2D eigenvalue weighted by Crippen LogP contribution is -2.17. The molecule has 0 radical (unpaired) electrons. The molecule has 0 atom stereocenters. The van der Waals surface area contributed by atoms with Gasteiger partial charge in [0.15, 0.2) is 0 Å². The van der Waals surface area contributed by atoms with Crippen molar-refractivity contribution < 1.29 is 18.8 Å². The Kier molecular flexibility index (Phi) is 6.66. The maximum absolute atomic E-state index is 12.8. The summed E-state index contributed by atoms with van der Waals surface area (Å²) in [5, 5.41) is 8.71. The molecule has 0 aliphatic rings. The van der Waals surface area contributed by atoms with Crippen molar-refractivity contribution in [1.29, 1.82) is 0 Å². The van der Waals surface area contributed by atoms with E-state index in [9.17, 15) is 9.59 Å². The van der Waals surface area contributed by atoms with E-state index in [2.05, 4.69) is 20.4 Å².